The maximum absolute atomic E-state index is 12.6. The average molecular weight is 537 g/mol. The molecule has 0 bridgehead atoms. The van der Waals surface area contributed by atoms with Gasteiger partial charge >= 0.3 is 11.9 Å². The first-order chi connectivity index (χ1) is 18.1. The number of benzene rings is 1. The van der Waals surface area contributed by atoms with Gasteiger partial charge in [0.25, 0.3) is 0 Å². The number of phenols is 1. The first-order valence-corrected chi connectivity index (χ1v) is 12.2. The second kappa shape index (κ2) is 11.8. The molecule has 208 valence electrons. The molecule has 1 aromatic carbocycles. The molecule has 38 heavy (non-hydrogen) atoms. The number of aliphatic hydroxyl groups is 4. The lowest BCUT2D eigenvalue weighted by molar-refractivity contribution is -0.343. The van der Waals surface area contributed by atoms with Crippen LogP contribution in [0.15, 0.2) is 42.2 Å². The summed E-state index contributed by atoms with van der Waals surface area (Å²) in [5.74, 6) is -2.75. The third-order valence-corrected chi connectivity index (χ3v) is 7.29. The fourth-order valence-corrected chi connectivity index (χ4v) is 5.13. The zero-order valence-corrected chi connectivity index (χ0v) is 20.8. The summed E-state index contributed by atoms with van der Waals surface area (Å²) in [5.41, 5.74) is 0.841. The highest BCUT2D eigenvalue weighted by Crippen LogP contribution is 2.47. The monoisotopic (exact) mass is 536 g/mol. The number of esters is 2. The van der Waals surface area contributed by atoms with Crippen molar-refractivity contribution >= 4 is 18.0 Å². The van der Waals surface area contributed by atoms with Crippen LogP contribution in [-0.4, -0.2) is 94.3 Å². The number of aromatic hydroxyl groups is 1. The summed E-state index contributed by atoms with van der Waals surface area (Å²) in [4.78, 5) is 24.8. The number of ether oxygens (including phenoxy) is 5. The number of carbonyl (C=O) groups is 2. The summed E-state index contributed by atoms with van der Waals surface area (Å²) in [6.07, 6.45) is -5.35. The summed E-state index contributed by atoms with van der Waals surface area (Å²) in [6, 6.07) is 6.03. The van der Waals surface area contributed by atoms with Crippen molar-refractivity contribution in [3.63, 3.8) is 0 Å². The summed E-state index contributed by atoms with van der Waals surface area (Å²) >= 11 is 0. The number of rotatable bonds is 7. The van der Waals surface area contributed by atoms with Crippen molar-refractivity contribution in [3.8, 4) is 5.75 Å². The molecule has 2 fully saturated rings. The Morgan fingerprint density at radius 2 is 1.82 bits per heavy atom. The van der Waals surface area contributed by atoms with Gasteiger partial charge < -0.3 is 49.2 Å². The van der Waals surface area contributed by atoms with Gasteiger partial charge in [-0.15, -0.1) is 0 Å². The molecule has 0 spiro atoms. The van der Waals surface area contributed by atoms with Crippen molar-refractivity contribution in [3.05, 3.63) is 47.7 Å². The molecule has 1 aliphatic carbocycles. The maximum Gasteiger partial charge on any atom is 0.337 e. The highest BCUT2D eigenvalue weighted by atomic mass is 16.8. The predicted octanol–water partition coefficient (Wildman–Crippen LogP) is -0.181. The molecular weight excluding hydrogens is 504 g/mol. The van der Waals surface area contributed by atoms with Gasteiger partial charge in [0.15, 0.2) is 6.10 Å². The van der Waals surface area contributed by atoms with E-state index in [1.54, 1.807) is 19.1 Å². The van der Waals surface area contributed by atoms with Crippen molar-refractivity contribution < 1.29 is 58.8 Å². The smallest absolute Gasteiger partial charge is 0.337 e. The van der Waals surface area contributed by atoms with Crippen LogP contribution < -0.4 is 0 Å². The van der Waals surface area contributed by atoms with Crippen LogP contribution in [-0.2, 0) is 33.3 Å². The molecule has 10 atom stereocenters. The second-order valence-electron chi connectivity index (χ2n) is 9.58. The van der Waals surface area contributed by atoms with E-state index < -0.39 is 73.5 Å². The minimum absolute atomic E-state index is 0.0597. The van der Waals surface area contributed by atoms with E-state index in [0.29, 0.717) is 5.56 Å². The molecule has 2 heterocycles. The quantitative estimate of drug-likeness (QED) is 0.229. The number of fused-ring (bicyclic) bond motifs is 1. The van der Waals surface area contributed by atoms with Crippen LogP contribution in [0.25, 0.3) is 6.08 Å². The Kier molecular flexibility index (Phi) is 8.71. The molecule has 12 nitrogen and oxygen atoms in total. The van der Waals surface area contributed by atoms with Gasteiger partial charge in [-0.3, -0.25) is 0 Å². The van der Waals surface area contributed by atoms with Crippen molar-refractivity contribution in [2.24, 2.45) is 17.8 Å². The van der Waals surface area contributed by atoms with E-state index in [4.69, 9.17) is 23.7 Å². The summed E-state index contributed by atoms with van der Waals surface area (Å²) in [6.45, 7) is 1.12. The Balaban J connectivity index is 1.54. The van der Waals surface area contributed by atoms with Crippen LogP contribution in [0.1, 0.15) is 18.9 Å². The molecular formula is C26H32O12. The van der Waals surface area contributed by atoms with Crippen molar-refractivity contribution in [1.29, 1.82) is 0 Å². The molecule has 0 radical (unpaired) electrons. The number of methoxy groups -OCH3 is 1. The molecule has 5 N–H and O–H groups in total. The van der Waals surface area contributed by atoms with E-state index >= 15 is 0 Å². The Labute approximate surface area is 218 Å². The summed E-state index contributed by atoms with van der Waals surface area (Å²) < 4.78 is 27.6. The normalized spacial score (nSPS) is 36.7. The van der Waals surface area contributed by atoms with E-state index in [0.717, 1.165) is 6.08 Å². The van der Waals surface area contributed by atoms with Gasteiger partial charge in [-0.1, -0.05) is 19.1 Å². The zero-order chi connectivity index (χ0) is 27.6. The van der Waals surface area contributed by atoms with Gasteiger partial charge in [0.05, 0.1) is 31.7 Å². The number of hydrogen-bond donors (Lipinski definition) is 5. The van der Waals surface area contributed by atoms with Crippen LogP contribution in [0.5, 0.6) is 5.75 Å². The second-order valence-corrected chi connectivity index (χ2v) is 9.58. The topological polar surface area (TPSA) is 181 Å². The Bertz CT molecular complexity index is 1050. The molecule has 1 aromatic rings. The lowest BCUT2D eigenvalue weighted by Gasteiger charge is -2.44. The highest BCUT2D eigenvalue weighted by molar-refractivity contribution is 5.89. The van der Waals surface area contributed by atoms with Crippen LogP contribution in [0, 0.1) is 17.8 Å². The summed E-state index contributed by atoms with van der Waals surface area (Å²) in [5, 5.41) is 50.6. The fourth-order valence-electron chi connectivity index (χ4n) is 5.13. The number of phenolic OH excluding ortho intramolecular Hbond substituents is 1. The third kappa shape index (κ3) is 5.70. The van der Waals surface area contributed by atoms with Crippen LogP contribution in [0.4, 0.5) is 0 Å². The lowest BCUT2D eigenvalue weighted by atomic mass is 9.83. The fraction of sp³-hybridized carbons (Fsp3) is 0.538. The Hall–Kier alpha value is -3.00. The zero-order valence-electron chi connectivity index (χ0n) is 20.8. The first kappa shape index (κ1) is 28.0. The van der Waals surface area contributed by atoms with E-state index in [1.807, 2.05) is 0 Å². The highest BCUT2D eigenvalue weighted by Gasteiger charge is 2.54. The average Bonchev–Trinajstić information content (AvgIpc) is 3.21. The Morgan fingerprint density at radius 1 is 1.11 bits per heavy atom. The van der Waals surface area contributed by atoms with Gasteiger partial charge in [-0.25, -0.2) is 9.59 Å². The molecule has 1 saturated carbocycles. The van der Waals surface area contributed by atoms with Crippen molar-refractivity contribution in [2.45, 2.75) is 56.4 Å². The summed E-state index contributed by atoms with van der Waals surface area (Å²) in [7, 11) is 1.24. The molecule has 1 saturated heterocycles. The van der Waals surface area contributed by atoms with Gasteiger partial charge in [0, 0.05) is 17.9 Å². The van der Waals surface area contributed by atoms with Crippen molar-refractivity contribution in [1.82, 2.24) is 0 Å². The first-order valence-electron chi connectivity index (χ1n) is 12.2. The number of aliphatic hydroxyl groups excluding tert-OH is 4. The lowest BCUT2D eigenvalue weighted by Crippen LogP contribution is -2.61. The van der Waals surface area contributed by atoms with E-state index in [-0.39, 0.29) is 23.7 Å². The van der Waals surface area contributed by atoms with Crippen LogP contribution in [0.2, 0.25) is 0 Å². The SMILES string of the molecule is COC(=O)C1=CO[C@@H](O[C@@H]2O[C@H](CO)[C@@H](O)[C@H](O)[C@H]2OC(=O)C=Cc2ccc(O)cc2)[C@@H]2[C@@H](C)[C@@H](O)C[C@H]12. The molecule has 0 amide bonds. The van der Waals surface area contributed by atoms with Crippen LogP contribution >= 0.6 is 0 Å². The Morgan fingerprint density at radius 3 is 2.47 bits per heavy atom. The van der Waals surface area contributed by atoms with Crippen molar-refractivity contribution in [2.75, 3.05) is 13.7 Å². The molecule has 3 aliphatic rings. The maximum atomic E-state index is 12.6. The van der Waals surface area contributed by atoms with Gasteiger partial charge in [-0.2, -0.15) is 0 Å². The minimum Gasteiger partial charge on any atom is -0.508 e. The predicted molar refractivity (Wildman–Crippen MR) is 128 cm³/mol. The standard InChI is InChI=1S/C26H32O12/c1-12-17(29)9-15-16(24(33)34-2)11-35-25(20(12)15)38-26-23(22(32)21(31)18(10-27)36-26)37-19(30)8-5-13-3-6-14(28)7-4-13/h3-8,11-12,15,17-18,20-23,25-29,31-32H,9-10H2,1-2H3/t12-,15+,17-,18+,20+,21+,22-,23+,25-,26-/m0/s1. The molecule has 4 rings (SSSR count). The molecule has 2 aliphatic heterocycles. The largest absolute Gasteiger partial charge is 0.508 e. The molecule has 0 unspecified atom stereocenters. The number of carbonyl (C=O) groups excluding carboxylic acids is 2. The van der Waals surface area contributed by atoms with Gasteiger partial charge in [-0.05, 0) is 36.1 Å². The van der Waals surface area contributed by atoms with E-state index in [1.165, 1.54) is 31.6 Å². The van der Waals surface area contributed by atoms with E-state index in [2.05, 4.69) is 0 Å². The van der Waals surface area contributed by atoms with Crippen LogP contribution in [0.3, 0.4) is 0 Å². The van der Waals surface area contributed by atoms with Gasteiger partial charge in [0.2, 0.25) is 12.6 Å². The minimum atomic E-state index is -1.68. The molecule has 12 heteroatoms. The third-order valence-electron chi connectivity index (χ3n) is 7.29. The van der Waals surface area contributed by atoms with E-state index in [9.17, 15) is 35.1 Å². The van der Waals surface area contributed by atoms with Gasteiger partial charge in [0.1, 0.15) is 24.1 Å². The number of hydrogen-bond acceptors (Lipinski definition) is 12. The molecule has 0 aromatic heterocycles.